The summed E-state index contributed by atoms with van der Waals surface area (Å²) in [7, 11) is 1.98. The van der Waals surface area contributed by atoms with Gasteiger partial charge in [0.25, 0.3) is 0 Å². The standard InChI is InChI=1S/C21H37N7O2/c1-15-25-26-17(27(15)4)14-23-20(22-7-5-8-28-9-12-29-13-10-28)24-18-16-6-11-30-19(16)21(18,2)3/h16,18-19H,5-14H2,1-4H3,(H2,22,23,24). The zero-order valence-electron chi connectivity index (χ0n) is 18.9. The average molecular weight is 420 g/mol. The Kier molecular flexibility index (Phi) is 6.60. The molecule has 0 aromatic carbocycles. The van der Waals surface area contributed by atoms with Crippen molar-refractivity contribution in [1.82, 2.24) is 30.3 Å². The van der Waals surface area contributed by atoms with E-state index in [0.717, 1.165) is 76.4 Å². The quantitative estimate of drug-likeness (QED) is 0.382. The van der Waals surface area contributed by atoms with Crippen LogP contribution in [0.25, 0.3) is 0 Å². The van der Waals surface area contributed by atoms with E-state index in [1.165, 1.54) is 0 Å². The Labute approximate surface area is 179 Å². The molecule has 2 saturated heterocycles. The van der Waals surface area contributed by atoms with Gasteiger partial charge in [0.1, 0.15) is 12.4 Å². The van der Waals surface area contributed by atoms with E-state index < -0.39 is 0 Å². The normalized spacial score (nSPS) is 28.8. The molecule has 3 aliphatic rings. The largest absolute Gasteiger partial charge is 0.379 e. The molecule has 1 aliphatic carbocycles. The van der Waals surface area contributed by atoms with Crippen molar-refractivity contribution in [1.29, 1.82) is 0 Å². The van der Waals surface area contributed by atoms with Gasteiger partial charge in [-0.05, 0) is 26.3 Å². The van der Waals surface area contributed by atoms with E-state index in [0.29, 0.717) is 24.6 Å². The van der Waals surface area contributed by atoms with Crippen molar-refractivity contribution in [2.24, 2.45) is 23.4 Å². The molecular weight excluding hydrogens is 382 g/mol. The highest BCUT2D eigenvalue weighted by Crippen LogP contribution is 2.52. The Bertz CT molecular complexity index is 742. The van der Waals surface area contributed by atoms with Gasteiger partial charge in [0.05, 0.1) is 19.3 Å². The highest BCUT2D eigenvalue weighted by Gasteiger charge is 2.59. The van der Waals surface area contributed by atoms with Crippen molar-refractivity contribution < 1.29 is 9.47 Å². The van der Waals surface area contributed by atoms with Gasteiger partial charge < -0.3 is 24.7 Å². The van der Waals surface area contributed by atoms with E-state index in [1.54, 1.807) is 0 Å². The molecule has 9 heteroatoms. The van der Waals surface area contributed by atoms with Crippen molar-refractivity contribution in [2.75, 3.05) is 46.0 Å². The summed E-state index contributed by atoms with van der Waals surface area (Å²) in [5, 5.41) is 15.7. The predicted octanol–water partition coefficient (Wildman–Crippen LogP) is 0.695. The van der Waals surface area contributed by atoms with Crippen LogP contribution in [0, 0.1) is 18.3 Å². The molecule has 30 heavy (non-hydrogen) atoms. The van der Waals surface area contributed by atoms with Crippen LogP contribution in [0.15, 0.2) is 4.99 Å². The third kappa shape index (κ3) is 4.48. The van der Waals surface area contributed by atoms with Crippen LogP contribution in [0.5, 0.6) is 0 Å². The predicted molar refractivity (Wildman–Crippen MR) is 115 cm³/mol. The van der Waals surface area contributed by atoms with Gasteiger partial charge in [0, 0.05) is 50.7 Å². The van der Waals surface area contributed by atoms with E-state index >= 15 is 0 Å². The molecule has 3 unspecified atom stereocenters. The smallest absolute Gasteiger partial charge is 0.191 e. The van der Waals surface area contributed by atoms with Crippen LogP contribution in [0.1, 0.15) is 38.3 Å². The van der Waals surface area contributed by atoms with Crippen LogP contribution in [0.4, 0.5) is 0 Å². The van der Waals surface area contributed by atoms with Gasteiger partial charge in [0.2, 0.25) is 0 Å². The minimum Gasteiger partial charge on any atom is -0.379 e. The second kappa shape index (κ2) is 9.20. The van der Waals surface area contributed by atoms with Crippen LogP contribution in [0.3, 0.4) is 0 Å². The van der Waals surface area contributed by atoms with E-state index in [-0.39, 0.29) is 5.41 Å². The Hall–Kier alpha value is -1.71. The molecule has 0 amide bonds. The van der Waals surface area contributed by atoms with Gasteiger partial charge in [-0.25, -0.2) is 4.99 Å². The van der Waals surface area contributed by atoms with Gasteiger partial charge in [-0.2, -0.15) is 0 Å². The molecule has 3 heterocycles. The van der Waals surface area contributed by atoms with Crippen molar-refractivity contribution in [3.8, 4) is 0 Å². The fourth-order valence-corrected chi connectivity index (χ4v) is 4.99. The lowest BCUT2D eigenvalue weighted by atomic mass is 9.57. The fourth-order valence-electron chi connectivity index (χ4n) is 4.99. The summed E-state index contributed by atoms with van der Waals surface area (Å²) in [5.74, 6) is 3.20. The summed E-state index contributed by atoms with van der Waals surface area (Å²) in [6, 6.07) is 0.372. The van der Waals surface area contributed by atoms with Crippen molar-refractivity contribution in [2.45, 2.75) is 52.3 Å². The third-order valence-electron chi connectivity index (χ3n) is 7.00. The molecule has 2 aliphatic heterocycles. The van der Waals surface area contributed by atoms with Crippen LogP contribution in [0.2, 0.25) is 0 Å². The lowest BCUT2D eigenvalue weighted by molar-refractivity contribution is -0.106. The maximum atomic E-state index is 5.95. The Balaban J connectivity index is 1.36. The molecule has 1 aromatic heterocycles. The Morgan fingerprint density at radius 3 is 2.77 bits per heavy atom. The number of aromatic nitrogens is 3. The van der Waals surface area contributed by atoms with Crippen molar-refractivity contribution in [3.63, 3.8) is 0 Å². The minimum atomic E-state index is 0.110. The van der Waals surface area contributed by atoms with Gasteiger partial charge in [-0.15, -0.1) is 10.2 Å². The number of nitrogens with zero attached hydrogens (tertiary/aromatic N) is 5. The molecular formula is C21H37N7O2. The SMILES string of the molecule is Cc1nnc(CN=C(NCCCN2CCOCC2)NC2C3CCOC3C2(C)C)n1C. The van der Waals surface area contributed by atoms with E-state index in [9.17, 15) is 0 Å². The molecule has 0 bridgehead atoms. The number of aliphatic imine (C=N–C) groups is 1. The number of ether oxygens (including phenoxy) is 2. The molecule has 1 aromatic rings. The maximum absolute atomic E-state index is 5.95. The molecule has 0 spiro atoms. The summed E-state index contributed by atoms with van der Waals surface area (Å²) in [4.78, 5) is 7.32. The molecule has 3 atom stereocenters. The zero-order valence-corrected chi connectivity index (χ0v) is 18.9. The highest BCUT2D eigenvalue weighted by molar-refractivity contribution is 5.80. The molecule has 2 N–H and O–H groups in total. The second-order valence-electron chi connectivity index (χ2n) is 9.31. The van der Waals surface area contributed by atoms with E-state index in [1.807, 2.05) is 18.5 Å². The summed E-state index contributed by atoms with van der Waals surface area (Å²) in [6.45, 7) is 13.6. The van der Waals surface area contributed by atoms with Crippen LogP contribution in [-0.2, 0) is 23.1 Å². The van der Waals surface area contributed by atoms with Gasteiger partial charge >= 0.3 is 0 Å². The van der Waals surface area contributed by atoms with Gasteiger partial charge in [0.15, 0.2) is 11.8 Å². The average Bonchev–Trinajstić information content (AvgIpc) is 3.33. The number of hydrogen-bond donors (Lipinski definition) is 2. The van der Waals surface area contributed by atoms with Crippen LogP contribution >= 0.6 is 0 Å². The highest BCUT2D eigenvalue weighted by atomic mass is 16.5. The second-order valence-corrected chi connectivity index (χ2v) is 9.31. The summed E-state index contributed by atoms with van der Waals surface area (Å²) >= 11 is 0. The monoisotopic (exact) mass is 419 g/mol. The maximum Gasteiger partial charge on any atom is 0.191 e. The topological polar surface area (TPSA) is 88.8 Å². The van der Waals surface area contributed by atoms with E-state index in [2.05, 4.69) is 39.6 Å². The summed E-state index contributed by atoms with van der Waals surface area (Å²) in [5.41, 5.74) is 0.110. The molecule has 168 valence electrons. The van der Waals surface area contributed by atoms with Crippen LogP contribution in [-0.4, -0.2) is 83.8 Å². The number of guanidine groups is 1. The third-order valence-corrected chi connectivity index (χ3v) is 7.00. The number of hydrogen-bond acceptors (Lipinski definition) is 6. The van der Waals surface area contributed by atoms with Crippen molar-refractivity contribution in [3.05, 3.63) is 11.6 Å². The molecule has 1 saturated carbocycles. The number of aryl methyl sites for hydroxylation is 1. The minimum absolute atomic E-state index is 0.110. The number of morpholine rings is 1. The number of rotatable bonds is 7. The van der Waals surface area contributed by atoms with Gasteiger partial charge in [-0.1, -0.05) is 13.8 Å². The lowest BCUT2D eigenvalue weighted by Gasteiger charge is -2.54. The first-order valence-electron chi connectivity index (χ1n) is 11.3. The Morgan fingerprint density at radius 2 is 2.03 bits per heavy atom. The molecule has 4 rings (SSSR count). The van der Waals surface area contributed by atoms with E-state index in [4.69, 9.17) is 14.5 Å². The molecule has 9 nitrogen and oxygen atoms in total. The summed E-state index contributed by atoms with van der Waals surface area (Å²) in [6.07, 6.45) is 2.56. The lowest BCUT2D eigenvalue weighted by Crippen LogP contribution is -2.68. The first-order valence-corrected chi connectivity index (χ1v) is 11.3. The first-order chi connectivity index (χ1) is 14.5. The zero-order chi connectivity index (χ0) is 21.1. The van der Waals surface area contributed by atoms with Crippen molar-refractivity contribution >= 4 is 5.96 Å². The number of fused-ring (bicyclic) bond motifs is 1. The number of nitrogens with one attached hydrogen (secondary N) is 2. The first kappa shape index (κ1) is 21.5. The van der Waals surface area contributed by atoms with Crippen LogP contribution < -0.4 is 10.6 Å². The Morgan fingerprint density at radius 1 is 1.23 bits per heavy atom. The fraction of sp³-hybridized carbons (Fsp3) is 0.857. The summed E-state index contributed by atoms with van der Waals surface area (Å²) < 4.78 is 13.4. The molecule has 0 radical (unpaired) electrons. The van der Waals surface area contributed by atoms with Gasteiger partial charge in [-0.3, -0.25) is 4.90 Å². The molecule has 3 fully saturated rings.